The Morgan fingerprint density at radius 2 is 1.77 bits per heavy atom. The molecule has 0 saturated carbocycles. The summed E-state index contributed by atoms with van der Waals surface area (Å²) in [6.45, 7) is 14.3. The monoisotopic (exact) mass is 742 g/mol. The average molecular weight is 743 g/mol. The number of carbonyl (C=O) groups excluding carboxylic acids is 2. The fourth-order valence-electron chi connectivity index (χ4n) is 5.36. The van der Waals surface area contributed by atoms with Crippen LogP contribution in [0.1, 0.15) is 86.1 Å². The number of phenols is 1. The van der Waals surface area contributed by atoms with Crippen molar-refractivity contribution >= 4 is 30.7 Å². The van der Waals surface area contributed by atoms with Crippen molar-refractivity contribution in [2.45, 2.75) is 98.3 Å². The number of phenolic OH excluding ortho intramolecular Hbond substituents is 1. The Kier molecular flexibility index (Phi) is 13.0. The molecule has 284 valence electrons. The minimum Gasteiger partial charge on any atom is -0.508 e. The molecular weight excluding hydrogens is 691 g/mol. The molecule has 0 bridgehead atoms. The molecule has 0 aliphatic heterocycles. The number of aromatic amines is 1. The summed E-state index contributed by atoms with van der Waals surface area (Å²) >= 11 is 0. The van der Waals surface area contributed by atoms with Gasteiger partial charge in [0, 0.05) is 36.8 Å². The molecule has 1 amide bonds. The maximum atomic E-state index is 14.5. The Morgan fingerprint density at radius 3 is 2.44 bits per heavy atom. The van der Waals surface area contributed by atoms with Crippen LogP contribution in [0, 0.1) is 0 Å². The van der Waals surface area contributed by atoms with Crippen molar-refractivity contribution < 1.29 is 37.8 Å². The van der Waals surface area contributed by atoms with E-state index in [1.54, 1.807) is 46.8 Å². The summed E-state index contributed by atoms with van der Waals surface area (Å²) in [4.78, 5) is 38.0. The molecule has 0 spiro atoms. The minimum absolute atomic E-state index is 0.0434. The highest BCUT2D eigenvalue weighted by Crippen LogP contribution is 2.49. The topological polar surface area (TPSA) is 188 Å². The van der Waals surface area contributed by atoms with E-state index in [2.05, 4.69) is 20.6 Å². The van der Waals surface area contributed by atoms with Gasteiger partial charge in [-0.05, 0) is 103 Å². The summed E-state index contributed by atoms with van der Waals surface area (Å²) < 4.78 is 40.4. The normalized spacial score (nSPS) is 13.7. The third-order valence-corrected chi connectivity index (χ3v) is 9.48. The number of hydrogen-bond acceptors (Lipinski definition) is 10. The van der Waals surface area contributed by atoms with E-state index in [0.717, 1.165) is 10.9 Å². The molecule has 0 fully saturated rings. The average Bonchev–Trinajstić information content (AvgIpc) is 3.60. The van der Waals surface area contributed by atoms with Gasteiger partial charge in [0.15, 0.2) is 5.82 Å². The molecule has 2 aromatic carbocycles. The van der Waals surface area contributed by atoms with E-state index in [0.29, 0.717) is 37.1 Å². The fraction of sp³-hybridized carbons (Fsp3) is 0.500. The number of ether oxygens (including phenoxy) is 2. The van der Waals surface area contributed by atoms with Crippen LogP contribution in [-0.2, 0) is 30.4 Å². The first kappa shape index (κ1) is 40.2. The maximum absolute atomic E-state index is 14.5. The smallest absolute Gasteiger partial charge is 0.459 e. The van der Waals surface area contributed by atoms with Gasteiger partial charge >= 0.3 is 25.5 Å². The van der Waals surface area contributed by atoms with E-state index in [4.69, 9.17) is 18.5 Å². The molecule has 0 aliphatic carbocycles. The van der Waals surface area contributed by atoms with Crippen LogP contribution in [0.3, 0.4) is 0 Å². The molecule has 4 rings (SSSR count). The highest BCUT2D eigenvalue weighted by Gasteiger charge is 2.34. The SMILES string of the molecule is CC(C)OC(=O)C(C)NP(=O)(OCCCCCNC(=O)OC(C)(C)C)Oc1cc(O)c(C(C)C)cc1-c1n[nH]c(=O)n1-c1ccc2c(ccn2C)c1. The number of esters is 1. The third kappa shape index (κ3) is 10.5. The second-order valence-corrected chi connectivity index (χ2v) is 15.9. The quantitative estimate of drug-likeness (QED) is 0.0545. The predicted octanol–water partition coefficient (Wildman–Crippen LogP) is 6.68. The number of aromatic hydroxyl groups is 1. The van der Waals surface area contributed by atoms with E-state index < -0.39 is 43.2 Å². The lowest BCUT2D eigenvalue weighted by molar-refractivity contribution is -0.149. The number of aromatic nitrogens is 4. The zero-order chi connectivity index (χ0) is 38.4. The molecule has 15 nitrogen and oxygen atoms in total. The van der Waals surface area contributed by atoms with Crippen molar-refractivity contribution in [1.29, 1.82) is 0 Å². The molecule has 16 heteroatoms. The van der Waals surface area contributed by atoms with Crippen molar-refractivity contribution in [3.63, 3.8) is 0 Å². The Balaban J connectivity index is 1.65. The van der Waals surface area contributed by atoms with Gasteiger partial charge in [-0.1, -0.05) is 13.8 Å². The number of rotatable bonds is 16. The van der Waals surface area contributed by atoms with E-state index in [9.17, 15) is 24.1 Å². The first-order valence-electron chi connectivity index (χ1n) is 17.4. The number of carbonyl (C=O) groups is 2. The number of amides is 1. The highest BCUT2D eigenvalue weighted by atomic mass is 31.2. The van der Waals surface area contributed by atoms with Crippen LogP contribution in [0.4, 0.5) is 4.79 Å². The molecule has 2 unspecified atom stereocenters. The van der Waals surface area contributed by atoms with Gasteiger partial charge in [-0.15, -0.1) is 0 Å². The number of aryl methyl sites for hydroxylation is 1. The lowest BCUT2D eigenvalue weighted by Crippen LogP contribution is -2.36. The van der Waals surface area contributed by atoms with Crippen LogP contribution in [0.2, 0.25) is 0 Å². The molecule has 2 aromatic heterocycles. The van der Waals surface area contributed by atoms with Crippen molar-refractivity contribution in [2.24, 2.45) is 7.05 Å². The lowest BCUT2D eigenvalue weighted by atomic mass is 9.98. The van der Waals surface area contributed by atoms with Crippen molar-refractivity contribution in [2.75, 3.05) is 13.2 Å². The molecule has 0 saturated heterocycles. The van der Waals surface area contributed by atoms with Crippen LogP contribution < -0.4 is 20.6 Å². The Labute approximate surface area is 303 Å². The van der Waals surface area contributed by atoms with Crippen LogP contribution in [0.5, 0.6) is 11.5 Å². The van der Waals surface area contributed by atoms with Gasteiger partial charge in [0.1, 0.15) is 23.1 Å². The largest absolute Gasteiger partial charge is 0.508 e. The number of hydrogen-bond donors (Lipinski definition) is 4. The second-order valence-electron chi connectivity index (χ2n) is 14.2. The molecule has 2 atom stereocenters. The number of nitrogens with one attached hydrogen (secondary N) is 3. The molecule has 0 radical (unpaired) electrons. The molecule has 52 heavy (non-hydrogen) atoms. The Hall–Kier alpha value is -4.59. The van der Waals surface area contributed by atoms with Crippen LogP contribution >= 0.6 is 7.75 Å². The summed E-state index contributed by atoms with van der Waals surface area (Å²) in [5.74, 6) is -0.936. The molecular formula is C36H51N6O9P. The number of benzene rings is 2. The van der Waals surface area contributed by atoms with Gasteiger partial charge in [0.05, 0.1) is 24.0 Å². The summed E-state index contributed by atoms with van der Waals surface area (Å²) in [5.41, 5.74) is 1.11. The third-order valence-electron chi connectivity index (χ3n) is 7.82. The summed E-state index contributed by atoms with van der Waals surface area (Å²) in [6, 6.07) is 9.26. The van der Waals surface area contributed by atoms with Crippen molar-refractivity contribution in [3.8, 4) is 28.6 Å². The van der Waals surface area contributed by atoms with Crippen molar-refractivity contribution in [1.82, 2.24) is 29.7 Å². The van der Waals surface area contributed by atoms with Crippen LogP contribution in [-0.4, -0.2) is 67.4 Å². The van der Waals surface area contributed by atoms with Crippen LogP contribution in [0.15, 0.2) is 47.4 Å². The van der Waals surface area contributed by atoms with E-state index in [-0.39, 0.29) is 35.4 Å². The molecule has 4 N–H and O–H groups in total. The van der Waals surface area contributed by atoms with E-state index in [1.165, 1.54) is 17.6 Å². The molecule has 0 aliphatic rings. The summed E-state index contributed by atoms with van der Waals surface area (Å²) in [5, 5.41) is 24.2. The Bertz CT molecular complexity index is 1970. The molecule has 4 aromatic rings. The Morgan fingerprint density at radius 1 is 1.04 bits per heavy atom. The number of alkyl carbamates (subject to hydrolysis) is 1. The lowest BCUT2D eigenvalue weighted by Gasteiger charge is -2.25. The first-order chi connectivity index (χ1) is 24.4. The number of nitrogens with zero attached hydrogens (tertiary/aromatic N) is 3. The standard InChI is InChI=1S/C36H51N6O9P/c1-22(2)27-20-28(32-38-39-34(45)42(32)26-13-14-29-25(19-26)15-17-41(29)9)31(21-30(27)43)51-52(47,40-24(5)33(44)49-23(3)4)48-18-12-10-11-16-37-35(46)50-36(6,7)8/h13-15,17,19-24,43H,10-12,16,18H2,1-9H3,(H,37,46)(H,39,45)(H,40,47). The van der Waals surface area contributed by atoms with Gasteiger partial charge in [0.2, 0.25) is 0 Å². The molecule has 2 heterocycles. The second kappa shape index (κ2) is 16.8. The van der Waals surface area contributed by atoms with Gasteiger partial charge in [-0.2, -0.15) is 10.2 Å². The predicted molar refractivity (Wildman–Crippen MR) is 198 cm³/mol. The maximum Gasteiger partial charge on any atom is 0.459 e. The number of H-pyrrole nitrogens is 1. The zero-order valence-corrected chi connectivity index (χ0v) is 32.2. The van der Waals surface area contributed by atoms with Gasteiger partial charge in [0.25, 0.3) is 0 Å². The highest BCUT2D eigenvalue weighted by molar-refractivity contribution is 7.52. The fourth-order valence-corrected chi connectivity index (χ4v) is 6.90. The summed E-state index contributed by atoms with van der Waals surface area (Å²) in [7, 11) is -2.46. The number of fused-ring (bicyclic) bond motifs is 1. The number of unbranched alkanes of at least 4 members (excludes halogenated alkanes) is 2. The van der Waals surface area contributed by atoms with Gasteiger partial charge < -0.3 is 29.0 Å². The van der Waals surface area contributed by atoms with Crippen LogP contribution in [0.25, 0.3) is 28.0 Å². The zero-order valence-electron chi connectivity index (χ0n) is 31.3. The van der Waals surface area contributed by atoms with E-state index in [1.807, 2.05) is 49.9 Å². The minimum atomic E-state index is -4.39. The van der Waals surface area contributed by atoms with Gasteiger partial charge in [-0.3, -0.25) is 9.32 Å². The first-order valence-corrected chi connectivity index (χ1v) is 18.9. The summed E-state index contributed by atoms with van der Waals surface area (Å²) in [6.07, 6.45) is 2.60. The van der Waals surface area contributed by atoms with Crippen molar-refractivity contribution in [3.05, 3.63) is 58.6 Å². The van der Waals surface area contributed by atoms with Gasteiger partial charge in [-0.25, -0.2) is 23.8 Å². The van der Waals surface area contributed by atoms with E-state index >= 15 is 0 Å².